The molecule has 8 aromatic heterocycles. The summed E-state index contributed by atoms with van der Waals surface area (Å²) in [6.07, 6.45) is 25.7. The Bertz CT molecular complexity index is 5730. The number of pyridine rings is 8. The first-order valence-electron chi connectivity index (χ1n) is 36.7. The smallest absolute Gasteiger partial charge is 0.257 e. The Morgan fingerprint density at radius 2 is 0.636 bits per heavy atom. The lowest BCUT2D eigenvalue weighted by molar-refractivity contribution is 0.0991. The number of carbonyl (C=O) groups excluding carboxylic acids is 8. The second kappa shape index (κ2) is 42.7. The standard InChI is InChI=1S/C23H24N4O3.C23H20N4O3.C22H22N4O3.C22H18N4O3/c2*1-3-4-19-8-6-16(12-26-19)23(29)27-20-7-5-15(2)18(9-20)14-30-21-10-17(22(24)28)11-25-13-21;2*1-3-18-7-5-15(11-25-18)22(28)26-19-6-4-14(2)17(8-19)13-29-20-9-16(21(23)27)10-24-12-20/h5-13H,3-4,14H2,1-2H3,(H2,24,28)(H,27,29);5-13H,14H2,1-2H3,(H2,24,28)(H,27,29);4-12H,3,13H2,1-2H3,(H2,23,27)(H,26,28);1,4-12H,13H2,2H3,(H2,23,27)(H,26,28). The molecule has 8 heterocycles. The zero-order valence-electron chi connectivity index (χ0n) is 65.6. The molecule has 0 radical (unpaired) electrons. The quantitative estimate of drug-likeness (QED) is 0.0222. The number of aromatic nitrogens is 8. The lowest BCUT2D eigenvalue weighted by Crippen LogP contribution is -2.13. The summed E-state index contributed by atoms with van der Waals surface area (Å²) in [5.41, 5.74) is 37.1. The zero-order valence-corrected chi connectivity index (χ0v) is 65.6. The summed E-state index contributed by atoms with van der Waals surface area (Å²) >= 11 is 0. The van der Waals surface area contributed by atoms with Crippen molar-refractivity contribution < 1.29 is 57.3 Å². The molecule has 0 bridgehead atoms. The average molecular weight is 1580 g/mol. The summed E-state index contributed by atoms with van der Waals surface area (Å²) in [5, 5.41) is 11.5. The highest BCUT2D eigenvalue weighted by Gasteiger charge is 2.17. The Labute approximate surface area is 681 Å². The Morgan fingerprint density at radius 1 is 0.347 bits per heavy atom. The molecule has 0 unspecified atom stereocenters. The highest BCUT2D eigenvalue weighted by molar-refractivity contribution is 6.06. The molecule has 0 atom stereocenters. The molecule has 28 nitrogen and oxygen atoms in total. The molecule has 4 aromatic carbocycles. The molecule has 118 heavy (non-hydrogen) atoms. The molecule has 12 aromatic rings. The van der Waals surface area contributed by atoms with E-state index in [0.717, 1.165) is 75.2 Å². The highest BCUT2D eigenvalue weighted by atomic mass is 16.5. The van der Waals surface area contributed by atoms with Crippen LogP contribution in [-0.4, -0.2) is 87.1 Å². The van der Waals surface area contributed by atoms with E-state index >= 15 is 0 Å². The van der Waals surface area contributed by atoms with Crippen LogP contribution in [0.5, 0.6) is 23.0 Å². The molecule has 0 fully saturated rings. The van der Waals surface area contributed by atoms with Crippen LogP contribution in [0.4, 0.5) is 22.7 Å². The normalized spacial score (nSPS) is 10.2. The van der Waals surface area contributed by atoms with E-state index in [1.807, 2.05) is 113 Å². The maximum atomic E-state index is 12.5. The Kier molecular flexibility index (Phi) is 31.2. The molecule has 12 N–H and O–H groups in total. The van der Waals surface area contributed by atoms with Crippen molar-refractivity contribution in [3.8, 4) is 47.2 Å². The summed E-state index contributed by atoms with van der Waals surface area (Å²) in [6.45, 7) is 14.6. The van der Waals surface area contributed by atoms with Gasteiger partial charge in [-0.3, -0.25) is 68.3 Å². The van der Waals surface area contributed by atoms with Gasteiger partial charge in [-0.05, 0) is 219 Å². The summed E-state index contributed by atoms with van der Waals surface area (Å²) in [6, 6.07) is 42.3. The number of anilines is 4. The van der Waals surface area contributed by atoms with Crippen LogP contribution < -0.4 is 63.1 Å². The molecule has 0 saturated heterocycles. The van der Waals surface area contributed by atoms with Gasteiger partial charge in [0.05, 0.1) is 69.3 Å². The van der Waals surface area contributed by atoms with Gasteiger partial charge in [-0.1, -0.05) is 56.4 Å². The van der Waals surface area contributed by atoms with Gasteiger partial charge in [0.25, 0.3) is 23.6 Å². The molecule has 0 aliphatic heterocycles. The number of nitrogens with one attached hydrogen (secondary N) is 4. The SMILES string of the molecule is C#Cc1ccc(C(=O)Nc2ccc(C)c(COc3cncc(C(N)=O)c3)c2)cn1.CC#Cc1ccc(C(=O)Nc2ccc(C)c(COc3cncc(C(N)=O)c3)c2)cn1.CCCc1ccc(C(=O)Nc2ccc(C)c(COc3cncc(C(N)=O)c3)c2)cn1.CCc1ccc(C(=O)Nc2ccc(C)c(COc3cncc(C(N)=O)c3)c2)cn1. The van der Waals surface area contributed by atoms with Crippen molar-refractivity contribution in [2.75, 3.05) is 21.3 Å². The first-order valence-corrected chi connectivity index (χ1v) is 36.7. The van der Waals surface area contributed by atoms with Gasteiger partial charge in [-0.25, -0.2) is 9.97 Å². The lowest BCUT2D eigenvalue weighted by atomic mass is 10.1. The van der Waals surface area contributed by atoms with E-state index in [1.165, 1.54) is 74.1 Å². The first-order chi connectivity index (χ1) is 56.8. The van der Waals surface area contributed by atoms with Crippen molar-refractivity contribution in [3.63, 3.8) is 0 Å². The van der Waals surface area contributed by atoms with E-state index < -0.39 is 23.6 Å². The van der Waals surface area contributed by atoms with Gasteiger partial charge in [0, 0.05) is 83.7 Å². The van der Waals surface area contributed by atoms with E-state index in [-0.39, 0.29) is 72.3 Å². The number of terminal acetylenes is 1. The lowest BCUT2D eigenvalue weighted by Gasteiger charge is -2.12. The first kappa shape index (κ1) is 86.1. The molecule has 0 spiro atoms. The highest BCUT2D eigenvalue weighted by Crippen LogP contribution is 2.26. The number of primary amides is 4. The van der Waals surface area contributed by atoms with Crippen LogP contribution in [0, 0.1) is 51.9 Å². The third-order valence-corrected chi connectivity index (χ3v) is 17.5. The van der Waals surface area contributed by atoms with Gasteiger partial charge < -0.3 is 63.1 Å². The van der Waals surface area contributed by atoms with Crippen molar-refractivity contribution in [3.05, 3.63) is 332 Å². The third-order valence-electron chi connectivity index (χ3n) is 17.5. The second-order valence-electron chi connectivity index (χ2n) is 26.2. The van der Waals surface area contributed by atoms with Crippen LogP contribution in [0.2, 0.25) is 0 Å². The summed E-state index contributed by atoms with van der Waals surface area (Å²) in [7, 11) is 0. The van der Waals surface area contributed by atoms with Gasteiger partial charge in [-0.2, -0.15) is 0 Å². The summed E-state index contributed by atoms with van der Waals surface area (Å²) < 4.78 is 23.0. The molecule has 28 heteroatoms. The van der Waals surface area contributed by atoms with Crippen molar-refractivity contribution in [1.82, 2.24) is 39.9 Å². The maximum absolute atomic E-state index is 12.5. The molecule has 0 aliphatic carbocycles. The van der Waals surface area contributed by atoms with Crippen LogP contribution >= 0.6 is 0 Å². The minimum absolute atomic E-state index is 0.223. The predicted octanol–water partition coefficient (Wildman–Crippen LogP) is 12.7. The molecule has 596 valence electrons. The molecular formula is C90H84N16O12. The van der Waals surface area contributed by atoms with Gasteiger partial charge in [-0.15, -0.1) is 6.42 Å². The largest absolute Gasteiger partial charge is 0.487 e. The van der Waals surface area contributed by atoms with Gasteiger partial charge >= 0.3 is 0 Å². The van der Waals surface area contributed by atoms with Crippen molar-refractivity contribution in [1.29, 1.82) is 0 Å². The predicted molar refractivity (Wildman–Crippen MR) is 446 cm³/mol. The summed E-state index contributed by atoms with van der Waals surface area (Å²) in [4.78, 5) is 128. The zero-order chi connectivity index (χ0) is 84.6. The van der Waals surface area contributed by atoms with E-state index in [4.69, 9.17) is 48.3 Å². The molecule has 0 aliphatic rings. The third kappa shape index (κ3) is 26.1. The van der Waals surface area contributed by atoms with Crippen molar-refractivity contribution in [2.45, 2.75) is 94.2 Å². The topological polar surface area (TPSA) is 429 Å². The second-order valence-corrected chi connectivity index (χ2v) is 26.2. The number of nitrogens with two attached hydrogens (primary N) is 4. The molecule has 0 saturated carbocycles. The summed E-state index contributed by atoms with van der Waals surface area (Å²) in [5.74, 6) is 6.46. The van der Waals surface area contributed by atoms with Crippen LogP contribution in [0.25, 0.3) is 0 Å². The number of ether oxygens (including phenoxy) is 4. The van der Waals surface area contributed by atoms with Crippen molar-refractivity contribution >= 4 is 70.0 Å². The van der Waals surface area contributed by atoms with E-state index in [1.54, 1.807) is 73.9 Å². The fourth-order valence-corrected chi connectivity index (χ4v) is 10.7. The van der Waals surface area contributed by atoms with E-state index in [0.29, 0.717) is 79.4 Å². The van der Waals surface area contributed by atoms with E-state index in [9.17, 15) is 38.4 Å². The van der Waals surface area contributed by atoms with Crippen LogP contribution in [-0.2, 0) is 39.3 Å². The van der Waals surface area contributed by atoms with Crippen LogP contribution in [0.3, 0.4) is 0 Å². The van der Waals surface area contributed by atoms with Crippen molar-refractivity contribution in [2.24, 2.45) is 22.9 Å². The Morgan fingerprint density at radius 3 is 0.881 bits per heavy atom. The molecular weight excluding hydrogens is 1500 g/mol. The number of rotatable bonds is 27. The van der Waals surface area contributed by atoms with Gasteiger partial charge in [0.1, 0.15) is 60.8 Å². The number of nitrogens with zero attached hydrogens (tertiary/aromatic N) is 8. The fourth-order valence-electron chi connectivity index (χ4n) is 10.7. The maximum Gasteiger partial charge on any atom is 0.257 e. The number of benzene rings is 4. The van der Waals surface area contributed by atoms with Crippen LogP contribution in [0.1, 0.15) is 177 Å². The Hall–Kier alpha value is -15.8. The number of amides is 8. The van der Waals surface area contributed by atoms with Crippen LogP contribution in [0.15, 0.2) is 220 Å². The molecule has 8 amide bonds. The number of aryl methyl sites for hydroxylation is 6. The van der Waals surface area contributed by atoms with E-state index in [2.05, 4.69) is 85.8 Å². The number of carbonyl (C=O) groups is 8. The van der Waals surface area contributed by atoms with Gasteiger partial charge in [0.15, 0.2) is 0 Å². The Balaban J connectivity index is 0.000000179. The molecule has 12 rings (SSSR count). The average Bonchev–Trinajstić information content (AvgIpc) is 0.795. The number of hydrogen-bond acceptors (Lipinski definition) is 20. The van der Waals surface area contributed by atoms with Gasteiger partial charge in [0.2, 0.25) is 23.6 Å². The monoisotopic (exact) mass is 1580 g/mol. The number of hydrogen-bond donors (Lipinski definition) is 8. The minimum atomic E-state index is -0.575. The minimum Gasteiger partial charge on any atom is -0.487 e. The fraction of sp³-hybridized carbons (Fsp3) is 0.156.